The van der Waals surface area contributed by atoms with Gasteiger partial charge in [0.1, 0.15) is 5.56 Å². The molecule has 7 heteroatoms. The van der Waals surface area contributed by atoms with E-state index in [0.29, 0.717) is 11.6 Å². The van der Waals surface area contributed by atoms with E-state index in [1.165, 1.54) is 40.9 Å². The lowest BCUT2D eigenvalue weighted by molar-refractivity contribution is 0.0694. The average molecular weight is 249 g/mol. The quantitative estimate of drug-likeness (QED) is 0.844. The van der Waals surface area contributed by atoms with Gasteiger partial charge in [0.05, 0.1) is 13.3 Å². The molecule has 0 radical (unpaired) electrons. The Hall–Kier alpha value is -2.57. The second kappa shape index (κ2) is 4.36. The number of carbonyl (C=O) groups is 1. The molecule has 7 nitrogen and oxygen atoms in total. The van der Waals surface area contributed by atoms with Gasteiger partial charge in [0, 0.05) is 13.2 Å². The van der Waals surface area contributed by atoms with Gasteiger partial charge in [-0.05, 0) is 12.1 Å². The van der Waals surface area contributed by atoms with Gasteiger partial charge in [0.25, 0.3) is 5.56 Å². The zero-order chi connectivity index (χ0) is 13.3. The Labute approximate surface area is 102 Å². The van der Waals surface area contributed by atoms with Gasteiger partial charge in [0.2, 0.25) is 0 Å². The smallest absolute Gasteiger partial charge is 0.341 e. The number of aromatic carboxylic acids is 1. The van der Waals surface area contributed by atoms with Crippen LogP contribution in [-0.2, 0) is 7.05 Å². The van der Waals surface area contributed by atoms with Crippen LogP contribution >= 0.6 is 0 Å². The molecule has 0 aromatic carbocycles. The molecule has 0 saturated heterocycles. The largest absolute Gasteiger partial charge is 0.491 e. The lowest BCUT2D eigenvalue weighted by atomic mass is 10.3. The number of nitrogens with zero attached hydrogens (tertiary/aromatic N) is 3. The van der Waals surface area contributed by atoms with Gasteiger partial charge in [-0.2, -0.15) is 5.10 Å². The molecule has 1 N–H and O–H groups in total. The van der Waals surface area contributed by atoms with E-state index in [1.54, 1.807) is 7.05 Å². The molecule has 2 rings (SSSR count). The van der Waals surface area contributed by atoms with Crippen molar-refractivity contribution in [2.45, 2.75) is 0 Å². The van der Waals surface area contributed by atoms with Crippen LogP contribution in [0.5, 0.6) is 5.75 Å². The van der Waals surface area contributed by atoms with E-state index < -0.39 is 11.5 Å². The highest BCUT2D eigenvalue weighted by molar-refractivity contribution is 5.87. The van der Waals surface area contributed by atoms with Crippen LogP contribution in [0.3, 0.4) is 0 Å². The van der Waals surface area contributed by atoms with Crippen molar-refractivity contribution in [3.8, 4) is 11.6 Å². The van der Waals surface area contributed by atoms with E-state index in [1.807, 2.05) is 0 Å². The number of pyridine rings is 1. The van der Waals surface area contributed by atoms with Crippen molar-refractivity contribution in [1.82, 2.24) is 14.3 Å². The highest BCUT2D eigenvalue weighted by Gasteiger charge is 2.16. The fourth-order valence-electron chi connectivity index (χ4n) is 1.65. The minimum atomic E-state index is -1.27. The number of hydrogen-bond acceptors (Lipinski definition) is 4. The fourth-order valence-corrected chi connectivity index (χ4v) is 1.65. The second-order valence-corrected chi connectivity index (χ2v) is 3.56. The van der Waals surface area contributed by atoms with Gasteiger partial charge in [-0.1, -0.05) is 0 Å². The van der Waals surface area contributed by atoms with Crippen molar-refractivity contribution in [1.29, 1.82) is 0 Å². The first-order chi connectivity index (χ1) is 8.56. The second-order valence-electron chi connectivity index (χ2n) is 3.56. The van der Waals surface area contributed by atoms with Crippen LogP contribution in [-0.4, -0.2) is 32.5 Å². The Morgan fingerprint density at radius 2 is 2.22 bits per heavy atom. The maximum absolute atomic E-state index is 12.0. The fraction of sp³-hybridized carbons (Fsp3) is 0.182. The van der Waals surface area contributed by atoms with E-state index in [4.69, 9.17) is 9.84 Å². The van der Waals surface area contributed by atoms with Crippen LogP contribution in [0.1, 0.15) is 10.4 Å². The van der Waals surface area contributed by atoms with Gasteiger partial charge in [0.15, 0.2) is 11.6 Å². The van der Waals surface area contributed by atoms with E-state index in [0.717, 1.165) is 0 Å². The summed E-state index contributed by atoms with van der Waals surface area (Å²) in [4.78, 5) is 22.9. The van der Waals surface area contributed by atoms with E-state index in [2.05, 4.69) is 5.10 Å². The molecule has 0 atom stereocenters. The minimum Gasteiger partial charge on any atom is -0.491 e. The molecular formula is C11H11N3O4. The normalized spacial score (nSPS) is 10.3. The summed E-state index contributed by atoms with van der Waals surface area (Å²) in [5, 5.41) is 12.9. The van der Waals surface area contributed by atoms with Gasteiger partial charge in [-0.25, -0.2) is 9.48 Å². The predicted octanol–water partition coefficient (Wildman–Crippen LogP) is 0.278. The molecule has 0 unspecified atom stereocenters. The van der Waals surface area contributed by atoms with Crippen molar-refractivity contribution in [2.24, 2.45) is 7.05 Å². The van der Waals surface area contributed by atoms with Crippen LogP contribution < -0.4 is 10.3 Å². The Bertz CT molecular complexity index is 657. The summed E-state index contributed by atoms with van der Waals surface area (Å²) in [7, 11) is 3.09. The van der Waals surface area contributed by atoms with Crippen LogP contribution in [0, 0.1) is 0 Å². The molecule has 0 bridgehead atoms. The van der Waals surface area contributed by atoms with Gasteiger partial charge in [-0.15, -0.1) is 0 Å². The number of carboxylic acids is 1. The third kappa shape index (κ3) is 1.75. The zero-order valence-electron chi connectivity index (χ0n) is 9.82. The van der Waals surface area contributed by atoms with Crippen molar-refractivity contribution in [2.75, 3.05) is 7.11 Å². The third-order valence-electron chi connectivity index (χ3n) is 2.50. The lowest BCUT2D eigenvalue weighted by Gasteiger charge is -2.08. The summed E-state index contributed by atoms with van der Waals surface area (Å²) in [5.74, 6) is -0.497. The SMILES string of the molecule is COc1cnn(C)c1-n1cccc(C(=O)O)c1=O. The van der Waals surface area contributed by atoms with Crippen LogP contribution in [0.15, 0.2) is 29.3 Å². The first-order valence-corrected chi connectivity index (χ1v) is 5.07. The molecule has 0 saturated carbocycles. The number of hydrogen-bond donors (Lipinski definition) is 1. The Morgan fingerprint density at radius 3 is 2.83 bits per heavy atom. The topological polar surface area (TPSA) is 86.3 Å². The molecule has 0 spiro atoms. The summed E-state index contributed by atoms with van der Waals surface area (Å²) >= 11 is 0. The minimum absolute atomic E-state index is 0.305. The summed E-state index contributed by atoms with van der Waals surface area (Å²) in [5.41, 5.74) is -0.937. The predicted molar refractivity (Wildman–Crippen MR) is 62.3 cm³/mol. The number of methoxy groups -OCH3 is 1. The van der Waals surface area contributed by atoms with Crippen molar-refractivity contribution >= 4 is 5.97 Å². The first-order valence-electron chi connectivity index (χ1n) is 5.07. The third-order valence-corrected chi connectivity index (χ3v) is 2.50. The average Bonchev–Trinajstić information content (AvgIpc) is 2.70. The van der Waals surface area contributed by atoms with Gasteiger partial charge < -0.3 is 9.84 Å². The van der Waals surface area contributed by atoms with E-state index in [9.17, 15) is 9.59 Å². The number of aromatic nitrogens is 3. The molecule has 0 aliphatic carbocycles. The Kier molecular flexibility index (Phi) is 2.88. The number of carboxylic acid groups (broad SMARTS) is 1. The molecule has 18 heavy (non-hydrogen) atoms. The molecular weight excluding hydrogens is 238 g/mol. The monoisotopic (exact) mass is 249 g/mol. The molecule has 2 aromatic heterocycles. The van der Waals surface area contributed by atoms with Crippen LogP contribution in [0.25, 0.3) is 5.82 Å². The molecule has 94 valence electrons. The summed E-state index contributed by atoms with van der Waals surface area (Å²) in [6.07, 6.45) is 2.92. The van der Waals surface area contributed by atoms with Gasteiger partial charge >= 0.3 is 5.97 Å². The zero-order valence-corrected chi connectivity index (χ0v) is 9.82. The van der Waals surface area contributed by atoms with Crippen LogP contribution in [0.4, 0.5) is 0 Å². The summed E-state index contributed by atoms with van der Waals surface area (Å²) in [6.45, 7) is 0. The molecule has 2 heterocycles. The molecule has 0 fully saturated rings. The molecule has 0 aliphatic heterocycles. The first kappa shape index (κ1) is 11.9. The number of ether oxygens (including phenoxy) is 1. The molecule has 0 aliphatic rings. The van der Waals surface area contributed by atoms with Crippen molar-refractivity contribution in [3.05, 3.63) is 40.4 Å². The summed E-state index contributed by atoms with van der Waals surface area (Å²) in [6, 6.07) is 2.74. The van der Waals surface area contributed by atoms with E-state index >= 15 is 0 Å². The standard InChI is InChI=1S/C11H11N3O4/c1-13-9(8(18-2)6-12-13)14-5-3-4-7(10(14)15)11(16)17/h3-6H,1-2H3,(H,16,17). The number of aryl methyl sites for hydroxylation is 1. The van der Waals surface area contributed by atoms with Crippen molar-refractivity contribution in [3.63, 3.8) is 0 Å². The Morgan fingerprint density at radius 1 is 1.50 bits per heavy atom. The summed E-state index contributed by atoms with van der Waals surface area (Å²) < 4.78 is 7.71. The van der Waals surface area contributed by atoms with Crippen LogP contribution in [0.2, 0.25) is 0 Å². The number of rotatable bonds is 3. The molecule has 2 aromatic rings. The van der Waals surface area contributed by atoms with Gasteiger partial charge in [-0.3, -0.25) is 9.36 Å². The Balaban J connectivity index is 2.72. The highest BCUT2D eigenvalue weighted by atomic mass is 16.5. The van der Waals surface area contributed by atoms with E-state index in [-0.39, 0.29) is 5.56 Å². The molecule has 0 amide bonds. The van der Waals surface area contributed by atoms with Crippen molar-refractivity contribution < 1.29 is 14.6 Å². The highest BCUT2D eigenvalue weighted by Crippen LogP contribution is 2.19. The lowest BCUT2D eigenvalue weighted by Crippen LogP contribution is -2.26. The maximum atomic E-state index is 12.0. The maximum Gasteiger partial charge on any atom is 0.341 e.